The van der Waals surface area contributed by atoms with E-state index in [0.29, 0.717) is 5.92 Å². The minimum atomic E-state index is 0.614. The Balaban J connectivity index is 2.19. The molecule has 0 aromatic carbocycles. The van der Waals surface area contributed by atoms with Gasteiger partial charge in [0.05, 0.1) is 6.26 Å². The summed E-state index contributed by atoms with van der Waals surface area (Å²) in [5, 5.41) is 6.50. The lowest BCUT2D eigenvalue weighted by Crippen LogP contribution is -2.39. The molecule has 0 atom stereocenters. The summed E-state index contributed by atoms with van der Waals surface area (Å²) in [5.74, 6) is 2.45. The first-order chi connectivity index (χ1) is 7.72. The van der Waals surface area contributed by atoms with Crippen LogP contribution in [0.25, 0.3) is 0 Å². The fourth-order valence-corrected chi connectivity index (χ4v) is 1.28. The van der Waals surface area contributed by atoms with Gasteiger partial charge in [-0.1, -0.05) is 13.8 Å². The summed E-state index contributed by atoms with van der Waals surface area (Å²) in [6.45, 7) is 6.10. The van der Waals surface area contributed by atoms with E-state index in [9.17, 15) is 0 Å². The lowest BCUT2D eigenvalue weighted by molar-refractivity contribution is 0.506. The van der Waals surface area contributed by atoms with Gasteiger partial charge in [0.2, 0.25) is 0 Å². The molecule has 0 saturated carbocycles. The summed E-state index contributed by atoms with van der Waals surface area (Å²) in [6.07, 6.45) is 2.57. The third kappa shape index (κ3) is 4.87. The van der Waals surface area contributed by atoms with Gasteiger partial charge in [0.15, 0.2) is 5.96 Å². The molecule has 0 unspecified atom stereocenters. The molecule has 2 N–H and O–H groups in total. The SMILES string of the molecule is CN=C(NCCc1ccco1)NCC(C)C. The molecular formula is C12H21N3O. The van der Waals surface area contributed by atoms with E-state index in [2.05, 4.69) is 29.5 Å². The highest BCUT2D eigenvalue weighted by molar-refractivity contribution is 5.79. The predicted octanol–water partition coefficient (Wildman–Crippen LogP) is 1.64. The molecule has 90 valence electrons. The molecule has 4 heteroatoms. The zero-order valence-electron chi connectivity index (χ0n) is 10.3. The summed E-state index contributed by atoms with van der Waals surface area (Å²) in [7, 11) is 1.78. The van der Waals surface area contributed by atoms with E-state index < -0.39 is 0 Å². The second-order valence-electron chi connectivity index (χ2n) is 4.10. The fourth-order valence-electron chi connectivity index (χ4n) is 1.28. The number of guanidine groups is 1. The molecule has 0 saturated heterocycles. The summed E-state index contributed by atoms with van der Waals surface area (Å²) in [4.78, 5) is 4.14. The van der Waals surface area contributed by atoms with Gasteiger partial charge >= 0.3 is 0 Å². The van der Waals surface area contributed by atoms with E-state index in [-0.39, 0.29) is 0 Å². The maximum absolute atomic E-state index is 5.25. The van der Waals surface area contributed by atoms with Gasteiger partial charge < -0.3 is 15.1 Å². The first-order valence-electron chi connectivity index (χ1n) is 5.69. The van der Waals surface area contributed by atoms with Crippen molar-refractivity contribution in [1.82, 2.24) is 10.6 Å². The van der Waals surface area contributed by atoms with Crippen LogP contribution in [0.1, 0.15) is 19.6 Å². The van der Waals surface area contributed by atoms with Crippen LogP contribution in [-0.2, 0) is 6.42 Å². The van der Waals surface area contributed by atoms with Gasteiger partial charge in [-0.05, 0) is 18.1 Å². The van der Waals surface area contributed by atoms with Crippen LogP contribution in [0.5, 0.6) is 0 Å². The largest absolute Gasteiger partial charge is 0.469 e. The highest BCUT2D eigenvalue weighted by Crippen LogP contribution is 1.99. The Bertz CT molecular complexity index is 304. The minimum Gasteiger partial charge on any atom is -0.469 e. The van der Waals surface area contributed by atoms with Crippen molar-refractivity contribution in [2.45, 2.75) is 20.3 Å². The van der Waals surface area contributed by atoms with Crippen LogP contribution in [0.15, 0.2) is 27.8 Å². The molecule has 1 rings (SSSR count). The molecule has 16 heavy (non-hydrogen) atoms. The summed E-state index contributed by atoms with van der Waals surface area (Å²) < 4.78 is 5.25. The third-order valence-corrected chi connectivity index (χ3v) is 2.15. The van der Waals surface area contributed by atoms with E-state index >= 15 is 0 Å². The smallest absolute Gasteiger partial charge is 0.190 e. The number of furan rings is 1. The van der Waals surface area contributed by atoms with Gasteiger partial charge in [0, 0.05) is 26.6 Å². The normalized spacial score (nSPS) is 11.9. The van der Waals surface area contributed by atoms with Gasteiger partial charge in [0.1, 0.15) is 5.76 Å². The Morgan fingerprint density at radius 1 is 1.44 bits per heavy atom. The molecule has 0 amide bonds. The van der Waals surface area contributed by atoms with Crippen LogP contribution in [0.2, 0.25) is 0 Å². The molecule has 0 radical (unpaired) electrons. The van der Waals surface area contributed by atoms with Crippen molar-refractivity contribution in [3.8, 4) is 0 Å². The number of aliphatic imine (C=N–C) groups is 1. The highest BCUT2D eigenvalue weighted by atomic mass is 16.3. The van der Waals surface area contributed by atoms with Crippen LogP contribution in [0, 0.1) is 5.92 Å². The van der Waals surface area contributed by atoms with E-state index in [1.165, 1.54) is 0 Å². The number of hydrogen-bond donors (Lipinski definition) is 2. The minimum absolute atomic E-state index is 0.614. The van der Waals surface area contributed by atoms with Crippen LogP contribution >= 0.6 is 0 Å². The van der Waals surface area contributed by atoms with Gasteiger partial charge in [-0.15, -0.1) is 0 Å². The predicted molar refractivity (Wildman–Crippen MR) is 66.6 cm³/mol. The number of nitrogens with one attached hydrogen (secondary N) is 2. The Morgan fingerprint density at radius 3 is 2.81 bits per heavy atom. The van der Waals surface area contributed by atoms with Crippen molar-refractivity contribution in [1.29, 1.82) is 0 Å². The maximum Gasteiger partial charge on any atom is 0.190 e. The molecule has 4 nitrogen and oxygen atoms in total. The van der Waals surface area contributed by atoms with E-state index in [4.69, 9.17) is 4.42 Å². The number of rotatable bonds is 5. The third-order valence-electron chi connectivity index (χ3n) is 2.15. The zero-order chi connectivity index (χ0) is 11.8. The molecular weight excluding hydrogens is 202 g/mol. The lowest BCUT2D eigenvalue weighted by Gasteiger charge is -2.12. The van der Waals surface area contributed by atoms with Crippen LogP contribution in [0.3, 0.4) is 0 Å². The number of hydrogen-bond acceptors (Lipinski definition) is 2. The first-order valence-corrected chi connectivity index (χ1v) is 5.69. The quantitative estimate of drug-likeness (QED) is 0.589. The van der Waals surface area contributed by atoms with Crippen molar-refractivity contribution in [3.05, 3.63) is 24.2 Å². The van der Waals surface area contributed by atoms with Crippen molar-refractivity contribution in [3.63, 3.8) is 0 Å². The van der Waals surface area contributed by atoms with E-state index in [1.807, 2.05) is 12.1 Å². The van der Waals surface area contributed by atoms with E-state index in [0.717, 1.165) is 31.2 Å². The molecule has 1 heterocycles. The molecule has 0 aliphatic carbocycles. The Morgan fingerprint density at radius 2 is 2.25 bits per heavy atom. The van der Waals surface area contributed by atoms with Crippen LogP contribution < -0.4 is 10.6 Å². The van der Waals surface area contributed by atoms with Crippen molar-refractivity contribution >= 4 is 5.96 Å². The molecule has 1 aromatic rings. The van der Waals surface area contributed by atoms with Crippen LogP contribution in [-0.4, -0.2) is 26.1 Å². The summed E-state index contributed by atoms with van der Waals surface area (Å²) in [5.41, 5.74) is 0. The van der Waals surface area contributed by atoms with Crippen molar-refractivity contribution < 1.29 is 4.42 Å². The molecule has 0 aliphatic rings. The lowest BCUT2D eigenvalue weighted by atomic mass is 10.2. The van der Waals surface area contributed by atoms with E-state index in [1.54, 1.807) is 13.3 Å². The average Bonchev–Trinajstić information content (AvgIpc) is 2.75. The average molecular weight is 223 g/mol. The monoisotopic (exact) mass is 223 g/mol. The van der Waals surface area contributed by atoms with Gasteiger partial charge in [-0.25, -0.2) is 0 Å². The Kier molecular flexibility index (Phi) is 5.46. The molecule has 1 aromatic heterocycles. The second kappa shape index (κ2) is 6.93. The van der Waals surface area contributed by atoms with Crippen LogP contribution in [0.4, 0.5) is 0 Å². The second-order valence-corrected chi connectivity index (χ2v) is 4.10. The highest BCUT2D eigenvalue weighted by Gasteiger charge is 2.00. The number of nitrogens with zero attached hydrogens (tertiary/aromatic N) is 1. The van der Waals surface area contributed by atoms with Gasteiger partial charge in [0.25, 0.3) is 0 Å². The standard InChI is InChI=1S/C12H21N3O/c1-10(2)9-15-12(13-3)14-7-6-11-5-4-8-16-11/h4-5,8,10H,6-7,9H2,1-3H3,(H2,13,14,15). The topological polar surface area (TPSA) is 49.6 Å². The van der Waals surface area contributed by atoms with Crippen molar-refractivity contribution in [2.24, 2.45) is 10.9 Å². The Hall–Kier alpha value is -1.45. The van der Waals surface area contributed by atoms with Crippen molar-refractivity contribution in [2.75, 3.05) is 20.1 Å². The molecule has 0 bridgehead atoms. The van der Waals surface area contributed by atoms with Gasteiger partial charge in [-0.3, -0.25) is 4.99 Å². The molecule has 0 fully saturated rings. The van der Waals surface area contributed by atoms with Gasteiger partial charge in [-0.2, -0.15) is 0 Å². The zero-order valence-corrected chi connectivity index (χ0v) is 10.3. The molecule has 0 spiro atoms. The molecule has 0 aliphatic heterocycles. The Labute approximate surface area is 97.1 Å². The summed E-state index contributed by atoms with van der Waals surface area (Å²) >= 11 is 0. The maximum atomic E-state index is 5.25. The fraction of sp³-hybridized carbons (Fsp3) is 0.583. The summed E-state index contributed by atoms with van der Waals surface area (Å²) in [6, 6.07) is 3.88. The first kappa shape index (κ1) is 12.6.